The first-order chi connectivity index (χ1) is 5.25. The summed E-state index contributed by atoms with van der Waals surface area (Å²) in [6, 6.07) is 6.23. The normalized spacial score (nSPS) is 9.27. The highest BCUT2D eigenvalue weighted by atomic mass is 35.5. The first-order valence-electron chi connectivity index (χ1n) is 2.91. The van der Waals surface area contributed by atoms with Crippen molar-refractivity contribution >= 4 is 17.5 Å². The van der Waals surface area contributed by atoms with Crippen molar-refractivity contribution in [2.45, 2.75) is 0 Å². The quantitative estimate of drug-likeness (QED) is 0.647. The summed E-state index contributed by atoms with van der Waals surface area (Å²) in [7, 11) is 0. The lowest BCUT2D eigenvalue weighted by Gasteiger charge is -1.97. The third-order valence-corrected chi connectivity index (χ3v) is 1.53. The van der Waals surface area contributed by atoms with Gasteiger partial charge in [0.15, 0.2) is 0 Å². The van der Waals surface area contributed by atoms with Gasteiger partial charge in [-0.1, -0.05) is 28.2 Å². The highest BCUT2D eigenvalue weighted by Gasteiger charge is 2.07. The zero-order valence-electron chi connectivity index (χ0n) is 5.47. The van der Waals surface area contributed by atoms with Crippen LogP contribution in [0.25, 0.3) is 0 Å². The van der Waals surface area contributed by atoms with E-state index in [4.69, 9.17) is 11.6 Å². The average Bonchev–Trinajstić information content (AvgIpc) is 2.04. The molecule has 0 spiro atoms. The van der Waals surface area contributed by atoms with Gasteiger partial charge in [0.05, 0.1) is 10.6 Å². The van der Waals surface area contributed by atoms with Gasteiger partial charge in [-0.2, -0.15) is 5.54 Å². The van der Waals surface area contributed by atoms with Gasteiger partial charge in [0.1, 0.15) is 0 Å². The van der Waals surface area contributed by atoms with Crippen molar-refractivity contribution in [1.29, 1.82) is 0 Å². The zero-order valence-corrected chi connectivity index (χ0v) is 6.23. The molecule has 0 heterocycles. The smallest absolute Gasteiger partial charge is 0.267 e. The molecule has 4 heteroatoms. The average molecular weight is 174 g/mol. The Morgan fingerprint density at radius 2 is 2.09 bits per heavy atom. The number of amides is 1. The Morgan fingerprint density at radius 1 is 1.45 bits per heavy atom. The molecule has 0 aromatic heterocycles. The summed E-state index contributed by atoms with van der Waals surface area (Å²) in [6.07, 6.45) is 0. The van der Waals surface area contributed by atoms with Crippen LogP contribution >= 0.6 is 11.6 Å². The Morgan fingerprint density at radius 3 is 2.64 bits per heavy atom. The third-order valence-electron chi connectivity index (χ3n) is 1.20. The lowest BCUT2D eigenvalue weighted by molar-refractivity contribution is 0.0859. The summed E-state index contributed by atoms with van der Waals surface area (Å²) >= 11 is 5.57. The van der Waals surface area contributed by atoms with E-state index in [9.17, 15) is 9.28 Å². The second-order valence-electron chi connectivity index (χ2n) is 1.90. The van der Waals surface area contributed by atoms with Crippen LogP contribution in [0.15, 0.2) is 24.3 Å². The van der Waals surface area contributed by atoms with Gasteiger partial charge in [-0.25, -0.2) is 0 Å². The van der Waals surface area contributed by atoms with Crippen LogP contribution in [0.4, 0.5) is 4.48 Å². The number of halogens is 2. The molecular formula is C7H5ClFNO. The van der Waals surface area contributed by atoms with E-state index in [1.54, 1.807) is 12.1 Å². The Bertz CT molecular complexity index is 277. The summed E-state index contributed by atoms with van der Waals surface area (Å²) in [5.74, 6) is -0.824. The van der Waals surface area contributed by atoms with E-state index in [0.717, 1.165) is 5.54 Å². The van der Waals surface area contributed by atoms with Crippen molar-refractivity contribution in [1.82, 2.24) is 5.54 Å². The molecule has 0 aliphatic carbocycles. The predicted octanol–water partition coefficient (Wildman–Crippen LogP) is 1.95. The molecule has 0 bridgehead atoms. The number of hydrogen-bond acceptors (Lipinski definition) is 1. The fourth-order valence-electron chi connectivity index (χ4n) is 0.696. The molecule has 1 aromatic carbocycles. The van der Waals surface area contributed by atoms with E-state index in [1.165, 1.54) is 12.1 Å². The van der Waals surface area contributed by atoms with Crippen LogP contribution in [0, 0.1) is 0 Å². The molecule has 0 atom stereocenters. The molecule has 0 fully saturated rings. The minimum absolute atomic E-state index is 0.136. The van der Waals surface area contributed by atoms with Gasteiger partial charge < -0.3 is 0 Å². The van der Waals surface area contributed by atoms with Crippen LogP contribution in [0.3, 0.4) is 0 Å². The van der Waals surface area contributed by atoms with E-state index >= 15 is 0 Å². The number of hydrogen-bond donors (Lipinski definition) is 1. The summed E-state index contributed by atoms with van der Waals surface area (Å²) in [5, 5.41) is 0.239. The number of benzene rings is 1. The van der Waals surface area contributed by atoms with Crippen LogP contribution < -0.4 is 5.54 Å². The van der Waals surface area contributed by atoms with E-state index in [2.05, 4.69) is 0 Å². The molecule has 1 amide bonds. The van der Waals surface area contributed by atoms with Gasteiger partial charge in [-0.15, -0.1) is 0 Å². The fourth-order valence-corrected chi connectivity index (χ4v) is 0.918. The molecule has 0 saturated carbocycles. The number of carbonyl (C=O) groups excluding carboxylic acids is 1. The number of carbonyl (C=O) groups is 1. The topological polar surface area (TPSA) is 29.1 Å². The van der Waals surface area contributed by atoms with Crippen molar-refractivity contribution in [3.8, 4) is 0 Å². The van der Waals surface area contributed by atoms with Gasteiger partial charge in [0.25, 0.3) is 5.91 Å². The molecular weight excluding hydrogens is 169 g/mol. The van der Waals surface area contributed by atoms with E-state index in [0.29, 0.717) is 0 Å². The van der Waals surface area contributed by atoms with E-state index in [1.807, 2.05) is 0 Å². The number of nitrogens with one attached hydrogen (secondary N) is 1. The SMILES string of the molecule is O=C(NF)c1ccccc1Cl. The Hall–Kier alpha value is -1.09. The van der Waals surface area contributed by atoms with Crippen LogP contribution in [0.1, 0.15) is 10.4 Å². The molecule has 58 valence electrons. The van der Waals surface area contributed by atoms with E-state index in [-0.39, 0.29) is 10.6 Å². The lowest BCUT2D eigenvalue weighted by atomic mass is 10.2. The first-order valence-corrected chi connectivity index (χ1v) is 3.29. The summed E-state index contributed by atoms with van der Waals surface area (Å²) < 4.78 is 11.6. The van der Waals surface area contributed by atoms with Gasteiger partial charge >= 0.3 is 0 Å². The summed E-state index contributed by atoms with van der Waals surface area (Å²) in [6.45, 7) is 0. The van der Waals surface area contributed by atoms with Gasteiger partial charge in [0.2, 0.25) is 0 Å². The predicted molar refractivity (Wildman–Crippen MR) is 40.0 cm³/mol. The Kier molecular flexibility index (Phi) is 2.44. The molecule has 1 N–H and O–H groups in total. The molecule has 2 nitrogen and oxygen atoms in total. The second-order valence-corrected chi connectivity index (χ2v) is 2.31. The minimum Gasteiger partial charge on any atom is -0.267 e. The van der Waals surface area contributed by atoms with Gasteiger partial charge in [-0.05, 0) is 12.1 Å². The molecule has 0 radical (unpaired) electrons. The maximum atomic E-state index is 11.6. The zero-order chi connectivity index (χ0) is 8.27. The highest BCUT2D eigenvalue weighted by molar-refractivity contribution is 6.33. The Labute approximate surface area is 67.9 Å². The van der Waals surface area contributed by atoms with Crippen LogP contribution in [0.2, 0.25) is 5.02 Å². The van der Waals surface area contributed by atoms with Crippen molar-refractivity contribution in [3.05, 3.63) is 34.9 Å². The minimum atomic E-state index is -0.824. The fraction of sp³-hybridized carbons (Fsp3) is 0. The molecule has 0 aliphatic rings. The van der Waals surface area contributed by atoms with E-state index < -0.39 is 5.91 Å². The number of rotatable bonds is 1. The standard InChI is InChI=1S/C7H5ClFNO/c8-6-4-2-1-3-5(6)7(11)10-9/h1-4H,(H,10,11). The molecule has 11 heavy (non-hydrogen) atoms. The highest BCUT2D eigenvalue weighted by Crippen LogP contribution is 2.14. The monoisotopic (exact) mass is 173 g/mol. The second kappa shape index (κ2) is 3.34. The molecule has 0 unspecified atom stereocenters. The van der Waals surface area contributed by atoms with Gasteiger partial charge in [-0.3, -0.25) is 4.79 Å². The van der Waals surface area contributed by atoms with Crippen LogP contribution in [0.5, 0.6) is 0 Å². The van der Waals surface area contributed by atoms with Crippen molar-refractivity contribution in [3.63, 3.8) is 0 Å². The summed E-state index contributed by atoms with van der Waals surface area (Å²) in [4.78, 5) is 10.7. The first kappa shape index (κ1) is 8.01. The summed E-state index contributed by atoms with van der Waals surface area (Å²) in [5.41, 5.74) is 1.13. The molecule has 1 aromatic rings. The maximum absolute atomic E-state index is 11.6. The van der Waals surface area contributed by atoms with Crippen molar-refractivity contribution in [2.75, 3.05) is 0 Å². The van der Waals surface area contributed by atoms with Crippen molar-refractivity contribution < 1.29 is 9.28 Å². The van der Waals surface area contributed by atoms with Crippen LogP contribution in [-0.4, -0.2) is 5.91 Å². The van der Waals surface area contributed by atoms with Crippen LogP contribution in [-0.2, 0) is 0 Å². The Balaban J connectivity index is 3.03. The van der Waals surface area contributed by atoms with Gasteiger partial charge in [0, 0.05) is 0 Å². The maximum Gasteiger partial charge on any atom is 0.280 e. The van der Waals surface area contributed by atoms with Crippen molar-refractivity contribution in [2.24, 2.45) is 0 Å². The molecule has 1 rings (SSSR count). The lowest BCUT2D eigenvalue weighted by Crippen LogP contribution is -2.13. The third kappa shape index (κ3) is 1.68. The molecule has 0 saturated heterocycles. The molecule has 0 aliphatic heterocycles. The largest absolute Gasteiger partial charge is 0.280 e.